The number of carbonyl (C=O) groups is 1. The first-order valence-corrected chi connectivity index (χ1v) is 7.29. The molecule has 2 aromatic rings. The molecule has 1 saturated carbocycles. The number of nitrogens with one attached hydrogen (secondary N) is 1. The summed E-state index contributed by atoms with van der Waals surface area (Å²) in [7, 11) is 0. The Labute approximate surface area is 120 Å². The summed E-state index contributed by atoms with van der Waals surface area (Å²) in [5, 5.41) is 5.32. The van der Waals surface area contributed by atoms with Crippen LogP contribution >= 0.6 is 11.3 Å². The Morgan fingerprint density at radius 1 is 1.45 bits per heavy atom. The molecule has 1 aromatic carbocycles. The fourth-order valence-electron chi connectivity index (χ4n) is 1.84. The summed E-state index contributed by atoms with van der Waals surface area (Å²) in [6.45, 7) is 0. The van der Waals surface area contributed by atoms with Gasteiger partial charge in [0.05, 0.1) is 5.69 Å². The molecule has 1 N–H and O–H groups in total. The fraction of sp³-hybridized carbons (Fsp3) is 0.200. The van der Waals surface area contributed by atoms with E-state index in [-0.39, 0.29) is 11.7 Å². The van der Waals surface area contributed by atoms with Crippen molar-refractivity contribution in [3.63, 3.8) is 0 Å². The van der Waals surface area contributed by atoms with Gasteiger partial charge in [-0.3, -0.25) is 10.1 Å². The topological polar surface area (TPSA) is 42.0 Å². The molecular weight excluding hydrogens is 275 g/mol. The molecule has 0 bridgehead atoms. The van der Waals surface area contributed by atoms with Crippen LogP contribution in [-0.4, -0.2) is 10.9 Å². The summed E-state index contributed by atoms with van der Waals surface area (Å²) in [6, 6.07) is 6.09. The highest BCUT2D eigenvalue weighted by Crippen LogP contribution is 2.40. The van der Waals surface area contributed by atoms with E-state index in [4.69, 9.17) is 0 Å². The van der Waals surface area contributed by atoms with E-state index < -0.39 is 0 Å². The second-order valence-electron chi connectivity index (χ2n) is 4.73. The lowest BCUT2D eigenvalue weighted by molar-refractivity contribution is -0.111. The molecule has 1 aliphatic rings. The van der Waals surface area contributed by atoms with Crippen LogP contribution in [0.4, 0.5) is 9.52 Å². The molecule has 20 heavy (non-hydrogen) atoms. The summed E-state index contributed by atoms with van der Waals surface area (Å²) < 4.78 is 13.0. The van der Waals surface area contributed by atoms with Gasteiger partial charge < -0.3 is 0 Å². The lowest BCUT2D eigenvalue weighted by Crippen LogP contribution is -2.07. The Balaban J connectivity index is 1.61. The van der Waals surface area contributed by atoms with E-state index in [1.54, 1.807) is 18.2 Å². The average molecular weight is 288 g/mol. The van der Waals surface area contributed by atoms with Crippen LogP contribution in [0.25, 0.3) is 6.08 Å². The number of rotatable bonds is 4. The monoisotopic (exact) mass is 288 g/mol. The van der Waals surface area contributed by atoms with Crippen molar-refractivity contribution in [3.05, 3.63) is 52.8 Å². The van der Waals surface area contributed by atoms with Gasteiger partial charge in [-0.2, -0.15) is 0 Å². The van der Waals surface area contributed by atoms with Crippen LogP contribution in [0.15, 0.2) is 35.7 Å². The number of hydrogen-bond donors (Lipinski definition) is 1. The molecule has 0 aliphatic heterocycles. The van der Waals surface area contributed by atoms with Gasteiger partial charge in [0.25, 0.3) is 0 Å². The molecule has 0 spiro atoms. The van der Waals surface area contributed by atoms with Crippen molar-refractivity contribution < 1.29 is 9.18 Å². The standard InChI is InChI=1S/C15H13FN2OS/c16-12-3-1-2-10(8-12)4-7-14(19)18-15-17-13(9-20-15)11-5-6-11/h1-4,7-9,11H,5-6H2,(H,17,18,19)/b7-4+. The van der Waals surface area contributed by atoms with Gasteiger partial charge in [-0.15, -0.1) is 11.3 Å². The van der Waals surface area contributed by atoms with Crippen LogP contribution in [0.2, 0.25) is 0 Å². The summed E-state index contributed by atoms with van der Waals surface area (Å²) in [5.41, 5.74) is 1.72. The van der Waals surface area contributed by atoms with Gasteiger partial charge in [0, 0.05) is 17.4 Å². The Morgan fingerprint density at radius 2 is 2.30 bits per heavy atom. The molecular formula is C15H13FN2OS. The maximum absolute atomic E-state index is 13.0. The molecule has 0 atom stereocenters. The molecule has 1 fully saturated rings. The molecule has 102 valence electrons. The maximum atomic E-state index is 13.0. The smallest absolute Gasteiger partial charge is 0.250 e. The first kappa shape index (κ1) is 13.0. The Hall–Kier alpha value is -2.01. The quantitative estimate of drug-likeness (QED) is 0.869. The Kier molecular flexibility index (Phi) is 3.60. The average Bonchev–Trinajstić information content (AvgIpc) is 3.18. The molecule has 0 radical (unpaired) electrons. The van der Waals surface area contributed by atoms with Crippen LogP contribution < -0.4 is 5.32 Å². The third-order valence-electron chi connectivity index (χ3n) is 3.02. The second kappa shape index (κ2) is 5.54. The molecule has 5 heteroatoms. The lowest BCUT2D eigenvalue weighted by Gasteiger charge is -1.96. The second-order valence-corrected chi connectivity index (χ2v) is 5.59. The van der Waals surface area contributed by atoms with E-state index in [9.17, 15) is 9.18 Å². The highest BCUT2D eigenvalue weighted by Gasteiger charge is 2.26. The molecule has 0 unspecified atom stereocenters. The Morgan fingerprint density at radius 3 is 3.05 bits per heavy atom. The zero-order valence-electron chi connectivity index (χ0n) is 10.7. The van der Waals surface area contributed by atoms with Crippen molar-refractivity contribution in [2.75, 3.05) is 5.32 Å². The van der Waals surface area contributed by atoms with E-state index >= 15 is 0 Å². The normalized spacial score (nSPS) is 14.7. The zero-order chi connectivity index (χ0) is 13.9. The van der Waals surface area contributed by atoms with E-state index in [1.807, 2.05) is 5.38 Å². The van der Waals surface area contributed by atoms with Crippen molar-refractivity contribution >= 4 is 28.5 Å². The van der Waals surface area contributed by atoms with Crippen molar-refractivity contribution in [1.82, 2.24) is 4.98 Å². The molecule has 1 heterocycles. The van der Waals surface area contributed by atoms with E-state index in [0.29, 0.717) is 16.6 Å². The minimum atomic E-state index is -0.318. The predicted molar refractivity (Wildman–Crippen MR) is 78.2 cm³/mol. The number of thiazole rings is 1. The number of nitrogens with zero attached hydrogens (tertiary/aromatic N) is 1. The number of anilines is 1. The Bertz CT molecular complexity index is 661. The molecule has 1 aliphatic carbocycles. The van der Waals surface area contributed by atoms with Crippen LogP contribution in [0.3, 0.4) is 0 Å². The number of aromatic nitrogens is 1. The van der Waals surface area contributed by atoms with Crippen LogP contribution in [-0.2, 0) is 4.79 Å². The number of carbonyl (C=O) groups excluding carboxylic acids is 1. The van der Waals surface area contributed by atoms with Gasteiger partial charge in [0.15, 0.2) is 5.13 Å². The molecule has 0 saturated heterocycles. The van der Waals surface area contributed by atoms with Crippen molar-refractivity contribution in [1.29, 1.82) is 0 Å². The van der Waals surface area contributed by atoms with Crippen molar-refractivity contribution in [2.24, 2.45) is 0 Å². The van der Waals surface area contributed by atoms with Gasteiger partial charge in [0.2, 0.25) is 5.91 Å². The van der Waals surface area contributed by atoms with Gasteiger partial charge in [-0.05, 0) is 36.6 Å². The lowest BCUT2D eigenvalue weighted by atomic mass is 10.2. The number of halogens is 1. The highest BCUT2D eigenvalue weighted by atomic mass is 32.1. The van der Waals surface area contributed by atoms with Crippen molar-refractivity contribution in [3.8, 4) is 0 Å². The zero-order valence-corrected chi connectivity index (χ0v) is 11.5. The van der Waals surface area contributed by atoms with Crippen molar-refractivity contribution in [2.45, 2.75) is 18.8 Å². The largest absolute Gasteiger partial charge is 0.298 e. The number of benzene rings is 1. The molecule has 3 nitrogen and oxygen atoms in total. The van der Waals surface area contributed by atoms with E-state index in [2.05, 4.69) is 10.3 Å². The van der Waals surface area contributed by atoms with E-state index in [1.165, 1.54) is 42.4 Å². The van der Waals surface area contributed by atoms with Gasteiger partial charge >= 0.3 is 0 Å². The first-order chi connectivity index (χ1) is 9.70. The van der Waals surface area contributed by atoms with Gasteiger partial charge in [0.1, 0.15) is 5.82 Å². The number of hydrogen-bond acceptors (Lipinski definition) is 3. The maximum Gasteiger partial charge on any atom is 0.250 e. The van der Waals surface area contributed by atoms with Crippen LogP contribution in [0.5, 0.6) is 0 Å². The SMILES string of the molecule is O=C(/C=C/c1cccc(F)c1)Nc1nc(C2CC2)cs1. The minimum Gasteiger partial charge on any atom is -0.298 e. The summed E-state index contributed by atoms with van der Waals surface area (Å²) >= 11 is 1.43. The highest BCUT2D eigenvalue weighted by molar-refractivity contribution is 7.14. The third kappa shape index (κ3) is 3.30. The van der Waals surface area contributed by atoms with Crippen LogP contribution in [0.1, 0.15) is 30.0 Å². The molecule has 1 aromatic heterocycles. The minimum absolute atomic E-state index is 0.258. The third-order valence-corrected chi connectivity index (χ3v) is 3.80. The van der Waals surface area contributed by atoms with E-state index in [0.717, 1.165) is 5.69 Å². The van der Waals surface area contributed by atoms with Crippen LogP contribution in [0, 0.1) is 5.82 Å². The fourth-order valence-corrected chi connectivity index (χ4v) is 2.63. The van der Waals surface area contributed by atoms with Gasteiger partial charge in [-0.25, -0.2) is 9.37 Å². The molecule has 1 amide bonds. The molecule has 3 rings (SSSR count). The predicted octanol–water partition coefficient (Wildman–Crippen LogP) is 3.81. The van der Waals surface area contributed by atoms with Gasteiger partial charge in [-0.1, -0.05) is 12.1 Å². The number of amides is 1. The summed E-state index contributed by atoms with van der Waals surface area (Å²) in [4.78, 5) is 16.1. The first-order valence-electron chi connectivity index (χ1n) is 6.41. The summed E-state index contributed by atoms with van der Waals surface area (Å²) in [5.74, 6) is 0.00672. The summed E-state index contributed by atoms with van der Waals surface area (Å²) in [6.07, 6.45) is 5.34.